The van der Waals surface area contributed by atoms with Crippen molar-refractivity contribution in [3.05, 3.63) is 23.8 Å². The molecule has 0 aromatic heterocycles. The molecule has 1 aliphatic carbocycles. The number of aliphatic carboxylic acids is 3. The number of hydrogen-bond acceptors (Lipinski definition) is 9. The van der Waals surface area contributed by atoms with Gasteiger partial charge in [-0.1, -0.05) is 25.3 Å². The number of carbonyl (C=O) groups is 4. The number of carboxylic acid groups (broad SMARTS) is 3. The van der Waals surface area contributed by atoms with Crippen LogP contribution in [0.3, 0.4) is 0 Å². The highest BCUT2D eigenvalue weighted by molar-refractivity contribution is 5.99. The topological polar surface area (TPSA) is 165 Å². The van der Waals surface area contributed by atoms with E-state index in [1.807, 2.05) is 18.0 Å². The normalized spacial score (nSPS) is 19.5. The Kier molecular flexibility index (Phi) is 13.0. The third kappa shape index (κ3) is 10.9. The summed E-state index contributed by atoms with van der Waals surface area (Å²) in [5.74, 6) is -3.49. The van der Waals surface area contributed by atoms with Crippen molar-refractivity contribution in [3.8, 4) is 5.75 Å². The van der Waals surface area contributed by atoms with Gasteiger partial charge >= 0.3 is 17.9 Å². The molecule has 0 bridgehead atoms. The van der Waals surface area contributed by atoms with Crippen LogP contribution in [-0.4, -0.2) is 149 Å². The largest absolute Gasteiger partial charge is 0.506 e. The summed E-state index contributed by atoms with van der Waals surface area (Å²) in [6, 6.07) is 5.10. The van der Waals surface area contributed by atoms with Gasteiger partial charge < -0.3 is 25.3 Å². The minimum atomic E-state index is -1.22. The lowest BCUT2D eigenvalue weighted by molar-refractivity contribution is -0.139. The van der Waals surface area contributed by atoms with Crippen LogP contribution >= 0.6 is 0 Å². The predicted octanol–water partition coefficient (Wildman–Crippen LogP) is 0.878. The van der Waals surface area contributed by atoms with Crippen molar-refractivity contribution < 1.29 is 39.6 Å². The SMILES string of the molecule is CN1CCN(CC(=O)O)CCN(CC(=O)N(CC(=O)O)c2ccc(C3CCCCC3)cc2O)CCN(CC(=O)O)CC1. The maximum atomic E-state index is 13.6. The van der Waals surface area contributed by atoms with Crippen molar-refractivity contribution in [3.63, 3.8) is 0 Å². The summed E-state index contributed by atoms with van der Waals surface area (Å²) in [5, 5.41) is 39.3. The Bertz CT molecular complexity index is 1050. The molecule has 0 spiro atoms. The van der Waals surface area contributed by atoms with Crippen LogP contribution in [0.1, 0.15) is 43.6 Å². The van der Waals surface area contributed by atoms with Gasteiger partial charge in [-0.25, -0.2) is 0 Å². The number of hydrogen-bond donors (Lipinski definition) is 4. The van der Waals surface area contributed by atoms with E-state index in [0.29, 0.717) is 58.3 Å². The van der Waals surface area contributed by atoms with Gasteiger partial charge in [-0.05, 0) is 43.5 Å². The molecule has 1 aromatic rings. The van der Waals surface area contributed by atoms with E-state index in [4.69, 9.17) is 0 Å². The first-order valence-corrected chi connectivity index (χ1v) is 14.7. The average molecular weight is 592 g/mol. The summed E-state index contributed by atoms with van der Waals surface area (Å²) in [6.07, 6.45) is 5.49. The van der Waals surface area contributed by atoms with Gasteiger partial charge in [0.15, 0.2) is 0 Å². The maximum absolute atomic E-state index is 13.6. The molecule has 0 unspecified atom stereocenters. The number of rotatable bonds is 10. The van der Waals surface area contributed by atoms with Crippen LogP contribution in [0.4, 0.5) is 5.69 Å². The molecule has 234 valence electrons. The van der Waals surface area contributed by atoms with Crippen LogP contribution < -0.4 is 4.90 Å². The second kappa shape index (κ2) is 16.4. The van der Waals surface area contributed by atoms with Crippen LogP contribution in [-0.2, 0) is 19.2 Å². The fourth-order valence-corrected chi connectivity index (χ4v) is 5.67. The lowest BCUT2D eigenvalue weighted by Crippen LogP contribution is -2.49. The molecule has 0 atom stereocenters. The molecule has 2 fully saturated rings. The highest BCUT2D eigenvalue weighted by Crippen LogP contribution is 2.37. The van der Waals surface area contributed by atoms with E-state index in [9.17, 15) is 39.6 Å². The lowest BCUT2D eigenvalue weighted by atomic mass is 9.84. The zero-order valence-electron chi connectivity index (χ0n) is 24.5. The van der Waals surface area contributed by atoms with Crippen LogP contribution in [0.25, 0.3) is 0 Å². The summed E-state index contributed by atoms with van der Waals surface area (Å²) in [4.78, 5) is 56.8. The number of likely N-dealkylation sites (N-methyl/N-ethyl adjacent to an activating group) is 1. The second-order valence-electron chi connectivity index (χ2n) is 11.4. The first-order valence-electron chi connectivity index (χ1n) is 14.7. The van der Waals surface area contributed by atoms with E-state index in [1.165, 1.54) is 6.42 Å². The van der Waals surface area contributed by atoms with E-state index in [0.717, 1.165) is 36.1 Å². The Morgan fingerprint density at radius 3 is 1.71 bits per heavy atom. The molecule has 1 saturated carbocycles. The van der Waals surface area contributed by atoms with E-state index in [-0.39, 0.29) is 31.1 Å². The minimum Gasteiger partial charge on any atom is -0.506 e. The van der Waals surface area contributed by atoms with Crippen molar-refractivity contribution >= 4 is 29.5 Å². The zero-order valence-corrected chi connectivity index (χ0v) is 24.5. The van der Waals surface area contributed by atoms with Gasteiger partial charge in [-0.15, -0.1) is 0 Å². The lowest BCUT2D eigenvalue weighted by Gasteiger charge is -2.33. The predicted molar refractivity (Wildman–Crippen MR) is 156 cm³/mol. The fourth-order valence-electron chi connectivity index (χ4n) is 5.67. The Balaban J connectivity index is 1.80. The van der Waals surface area contributed by atoms with Gasteiger partial charge in [-0.3, -0.25) is 38.8 Å². The molecular formula is C29H45N5O8. The number of phenolic OH excluding ortho intramolecular Hbond substituents is 1. The molecule has 1 heterocycles. The van der Waals surface area contributed by atoms with Gasteiger partial charge in [0.05, 0.1) is 25.3 Å². The van der Waals surface area contributed by atoms with E-state index >= 15 is 0 Å². The first-order chi connectivity index (χ1) is 20.0. The highest BCUT2D eigenvalue weighted by atomic mass is 16.4. The molecular weight excluding hydrogens is 546 g/mol. The highest BCUT2D eigenvalue weighted by Gasteiger charge is 2.26. The number of amides is 1. The van der Waals surface area contributed by atoms with Crippen molar-refractivity contribution in [1.82, 2.24) is 19.6 Å². The Morgan fingerprint density at radius 2 is 1.24 bits per heavy atom. The van der Waals surface area contributed by atoms with Gasteiger partial charge in [0, 0.05) is 52.4 Å². The van der Waals surface area contributed by atoms with E-state index < -0.39 is 30.4 Å². The molecule has 3 rings (SSSR count). The van der Waals surface area contributed by atoms with E-state index in [2.05, 4.69) is 0 Å². The van der Waals surface area contributed by atoms with Crippen LogP contribution in [0, 0.1) is 0 Å². The number of carbonyl (C=O) groups excluding carboxylic acids is 1. The molecule has 2 aliphatic rings. The number of carboxylic acids is 3. The molecule has 4 N–H and O–H groups in total. The number of aromatic hydroxyl groups is 1. The Labute approximate surface area is 246 Å². The van der Waals surface area contributed by atoms with Gasteiger partial charge in [0.25, 0.3) is 0 Å². The third-order valence-electron chi connectivity index (χ3n) is 8.10. The van der Waals surface area contributed by atoms with E-state index in [1.54, 1.807) is 26.8 Å². The van der Waals surface area contributed by atoms with Crippen molar-refractivity contribution in [2.24, 2.45) is 0 Å². The van der Waals surface area contributed by atoms with Gasteiger partial charge in [0.2, 0.25) is 5.91 Å². The molecule has 1 saturated heterocycles. The standard InChI is InChI=1S/C29H45N5O8/c1-30-9-11-32(19-27(37)38)15-13-31(14-16-33(12-10-30)20-28(39)40)18-26(36)34(21-29(41)42)24-8-7-23(17-25(24)35)22-5-3-2-4-6-22/h7-8,17,22,35H,2-6,9-16,18-21H2,1H3,(H,37,38)(H,39,40)(H,41,42). The summed E-state index contributed by atoms with van der Waals surface area (Å²) in [7, 11) is 1.91. The molecule has 1 aliphatic heterocycles. The molecule has 13 heteroatoms. The van der Waals surface area contributed by atoms with Crippen molar-refractivity contribution in [2.75, 3.05) is 90.5 Å². The number of phenols is 1. The molecule has 1 aromatic carbocycles. The summed E-state index contributed by atoms with van der Waals surface area (Å²) in [6.45, 7) is 2.36. The average Bonchev–Trinajstić information content (AvgIpc) is 2.93. The van der Waals surface area contributed by atoms with Crippen LogP contribution in [0.5, 0.6) is 5.75 Å². The van der Waals surface area contributed by atoms with Crippen LogP contribution in [0.15, 0.2) is 18.2 Å². The zero-order chi connectivity index (χ0) is 30.6. The molecule has 0 radical (unpaired) electrons. The fraction of sp³-hybridized carbons (Fsp3) is 0.655. The second-order valence-corrected chi connectivity index (χ2v) is 11.4. The van der Waals surface area contributed by atoms with Crippen molar-refractivity contribution in [2.45, 2.75) is 38.0 Å². The monoisotopic (exact) mass is 591 g/mol. The summed E-state index contributed by atoms with van der Waals surface area (Å²) >= 11 is 0. The van der Waals surface area contributed by atoms with Crippen molar-refractivity contribution in [1.29, 1.82) is 0 Å². The smallest absolute Gasteiger partial charge is 0.323 e. The Morgan fingerprint density at radius 1 is 0.738 bits per heavy atom. The number of nitrogens with zero attached hydrogens (tertiary/aromatic N) is 5. The molecule has 13 nitrogen and oxygen atoms in total. The maximum Gasteiger partial charge on any atom is 0.323 e. The summed E-state index contributed by atoms with van der Waals surface area (Å²) in [5.41, 5.74) is 1.10. The summed E-state index contributed by atoms with van der Waals surface area (Å²) < 4.78 is 0. The van der Waals surface area contributed by atoms with Gasteiger partial charge in [-0.2, -0.15) is 0 Å². The number of benzene rings is 1. The molecule has 42 heavy (non-hydrogen) atoms. The quantitative estimate of drug-likeness (QED) is 0.304. The van der Waals surface area contributed by atoms with Gasteiger partial charge in [0.1, 0.15) is 12.3 Å². The minimum absolute atomic E-state index is 0.124. The third-order valence-corrected chi connectivity index (χ3v) is 8.10. The van der Waals surface area contributed by atoms with Crippen LogP contribution in [0.2, 0.25) is 0 Å². The molecule has 1 amide bonds. The Hall–Kier alpha value is -3.26. The first kappa shape index (κ1) is 33.2. The number of anilines is 1.